The maximum Gasteiger partial charge on any atom is 0.333 e. The molecule has 1 aromatic heterocycles. The zero-order valence-electron chi connectivity index (χ0n) is 11.9. The van der Waals surface area contributed by atoms with Gasteiger partial charge in [-0.25, -0.2) is 4.79 Å². The Labute approximate surface area is 137 Å². The average molecular weight is 336 g/mol. The molecule has 1 aliphatic heterocycles. The van der Waals surface area contributed by atoms with Crippen LogP contribution in [0.2, 0.25) is 5.02 Å². The number of benzene rings is 1. The van der Waals surface area contributed by atoms with E-state index < -0.39 is 12.0 Å². The van der Waals surface area contributed by atoms with Crippen molar-refractivity contribution in [2.75, 3.05) is 13.7 Å². The lowest BCUT2D eigenvalue weighted by Gasteiger charge is -2.34. The number of hydrogen-bond acceptors (Lipinski definition) is 4. The van der Waals surface area contributed by atoms with E-state index in [4.69, 9.17) is 16.3 Å². The number of nitrogens with zero attached hydrogens (tertiary/aromatic N) is 1. The van der Waals surface area contributed by atoms with Gasteiger partial charge in [0.2, 0.25) is 0 Å². The van der Waals surface area contributed by atoms with Gasteiger partial charge in [0, 0.05) is 11.4 Å². The summed E-state index contributed by atoms with van der Waals surface area (Å²) in [5, 5.41) is 2.32. The smallest absolute Gasteiger partial charge is 0.333 e. The van der Waals surface area contributed by atoms with Crippen LogP contribution < -0.4 is 0 Å². The Balaban J connectivity index is 2.01. The second kappa shape index (κ2) is 6.10. The maximum atomic E-state index is 12.8. The molecule has 1 atom stereocenters. The van der Waals surface area contributed by atoms with Crippen molar-refractivity contribution in [1.82, 2.24) is 4.90 Å². The summed E-state index contributed by atoms with van der Waals surface area (Å²) in [6.45, 7) is 0.470. The number of ether oxygens (including phenoxy) is 1. The van der Waals surface area contributed by atoms with Crippen molar-refractivity contribution >= 4 is 34.8 Å². The summed E-state index contributed by atoms with van der Waals surface area (Å²) in [5.41, 5.74) is 1.25. The minimum absolute atomic E-state index is 0.252. The molecular weight excluding hydrogens is 322 g/mol. The van der Waals surface area contributed by atoms with Crippen molar-refractivity contribution in [3.63, 3.8) is 0 Å². The monoisotopic (exact) mass is 335 g/mol. The second-order valence-electron chi connectivity index (χ2n) is 4.95. The van der Waals surface area contributed by atoms with Crippen LogP contribution in [0, 0.1) is 0 Å². The fourth-order valence-electron chi connectivity index (χ4n) is 2.69. The fraction of sp³-hybridized carbons (Fsp3) is 0.250. The lowest BCUT2D eigenvalue weighted by Crippen LogP contribution is -2.43. The first kappa shape index (κ1) is 15.1. The minimum Gasteiger partial charge on any atom is -0.467 e. The number of halogens is 1. The van der Waals surface area contributed by atoms with E-state index in [9.17, 15) is 9.59 Å². The van der Waals surface area contributed by atoms with Gasteiger partial charge in [0.05, 0.1) is 17.7 Å². The highest BCUT2D eigenvalue weighted by Gasteiger charge is 2.38. The van der Waals surface area contributed by atoms with Gasteiger partial charge in [-0.1, -0.05) is 23.7 Å². The average Bonchev–Trinajstić information content (AvgIpc) is 3.01. The van der Waals surface area contributed by atoms with Gasteiger partial charge in [-0.15, -0.1) is 11.3 Å². The largest absolute Gasteiger partial charge is 0.467 e. The number of methoxy groups -OCH3 is 1. The van der Waals surface area contributed by atoms with Gasteiger partial charge in [-0.2, -0.15) is 0 Å². The van der Waals surface area contributed by atoms with Gasteiger partial charge in [0.1, 0.15) is 0 Å². The summed E-state index contributed by atoms with van der Waals surface area (Å²) >= 11 is 7.71. The van der Waals surface area contributed by atoms with Crippen molar-refractivity contribution in [2.24, 2.45) is 0 Å². The molecule has 0 saturated heterocycles. The second-order valence-corrected chi connectivity index (χ2v) is 6.36. The summed E-state index contributed by atoms with van der Waals surface area (Å²) < 4.78 is 4.90. The van der Waals surface area contributed by atoms with Crippen LogP contribution >= 0.6 is 22.9 Å². The quantitative estimate of drug-likeness (QED) is 0.791. The third-order valence-electron chi connectivity index (χ3n) is 3.76. The Kier molecular flexibility index (Phi) is 4.18. The molecule has 2 heterocycles. The van der Waals surface area contributed by atoms with Crippen LogP contribution in [0.5, 0.6) is 0 Å². The van der Waals surface area contributed by atoms with Crippen LogP contribution in [0.4, 0.5) is 0 Å². The predicted octanol–water partition coefficient (Wildman–Crippen LogP) is 3.31. The van der Waals surface area contributed by atoms with E-state index in [2.05, 4.69) is 0 Å². The normalized spacial score (nSPS) is 17.0. The van der Waals surface area contributed by atoms with Crippen LogP contribution in [-0.2, 0) is 16.0 Å². The number of hydrogen-bond donors (Lipinski definition) is 0. The summed E-state index contributed by atoms with van der Waals surface area (Å²) in [4.78, 5) is 27.7. The number of carbonyl (C=O) groups is 2. The van der Waals surface area contributed by atoms with Gasteiger partial charge < -0.3 is 9.64 Å². The zero-order valence-corrected chi connectivity index (χ0v) is 13.5. The molecule has 0 fully saturated rings. The lowest BCUT2D eigenvalue weighted by atomic mass is 9.99. The molecule has 2 aromatic rings. The molecule has 0 spiro atoms. The molecule has 3 rings (SSSR count). The van der Waals surface area contributed by atoms with Crippen LogP contribution in [0.25, 0.3) is 0 Å². The Morgan fingerprint density at radius 2 is 2.09 bits per heavy atom. The van der Waals surface area contributed by atoms with Crippen LogP contribution in [0.1, 0.15) is 26.8 Å². The molecule has 0 saturated carbocycles. The molecule has 1 aromatic carbocycles. The number of rotatable bonds is 2. The van der Waals surface area contributed by atoms with E-state index in [-0.39, 0.29) is 5.91 Å². The van der Waals surface area contributed by atoms with Crippen molar-refractivity contribution in [3.8, 4) is 0 Å². The fourth-order valence-corrected chi connectivity index (χ4v) is 3.81. The third-order valence-corrected chi connectivity index (χ3v) is 5.08. The Bertz CT molecular complexity index is 728. The first-order valence-electron chi connectivity index (χ1n) is 6.83. The maximum absolute atomic E-state index is 12.8. The zero-order chi connectivity index (χ0) is 15.7. The number of fused-ring (bicyclic) bond motifs is 1. The molecule has 1 aliphatic rings. The predicted molar refractivity (Wildman–Crippen MR) is 85.3 cm³/mol. The Morgan fingerprint density at radius 1 is 1.32 bits per heavy atom. The molecule has 0 aliphatic carbocycles. The first-order valence-corrected chi connectivity index (χ1v) is 8.09. The SMILES string of the molecule is COC(=O)C1c2ccsc2CCN1C(=O)c1ccccc1Cl. The number of thiophene rings is 1. The summed E-state index contributed by atoms with van der Waals surface area (Å²) in [7, 11) is 1.33. The molecule has 6 heteroatoms. The standard InChI is InChI=1S/C16H14ClNO3S/c1-21-16(20)14-11-7-9-22-13(11)6-8-18(14)15(19)10-4-2-3-5-12(10)17/h2-5,7,9,14H,6,8H2,1H3. The Hall–Kier alpha value is -1.85. The van der Waals surface area contributed by atoms with Gasteiger partial charge >= 0.3 is 5.97 Å². The molecular formula is C16H14ClNO3S. The van der Waals surface area contributed by atoms with Gasteiger partial charge in [-0.05, 0) is 35.6 Å². The van der Waals surface area contributed by atoms with E-state index in [0.717, 1.165) is 16.9 Å². The van der Waals surface area contributed by atoms with Crippen molar-refractivity contribution in [3.05, 3.63) is 56.7 Å². The highest BCUT2D eigenvalue weighted by atomic mass is 35.5. The number of amides is 1. The molecule has 4 nitrogen and oxygen atoms in total. The van der Waals surface area contributed by atoms with Crippen LogP contribution in [0.3, 0.4) is 0 Å². The molecule has 0 bridgehead atoms. The summed E-state index contributed by atoms with van der Waals surface area (Å²) in [5.74, 6) is -0.683. The van der Waals surface area contributed by atoms with Crippen molar-refractivity contribution in [1.29, 1.82) is 0 Å². The van der Waals surface area contributed by atoms with Gasteiger partial charge in [0.15, 0.2) is 6.04 Å². The van der Waals surface area contributed by atoms with Crippen LogP contribution in [-0.4, -0.2) is 30.4 Å². The number of carbonyl (C=O) groups excluding carboxylic acids is 2. The van der Waals surface area contributed by atoms with E-state index in [1.54, 1.807) is 40.5 Å². The molecule has 114 valence electrons. The van der Waals surface area contributed by atoms with Crippen LogP contribution in [0.15, 0.2) is 35.7 Å². The summed E-state index contributed by atoms with van der Waals surface area (Å²) in [6.07, 6.45) is 0.733. The van der Waals surface area contributed by atoms with Gasteiger partial charge in [0.25, 0.3) is 5.91 Å². The Morgan fingerprint density at radius 3 is 2.82 bits per heavy atom. The lowest BCUT2D eigenvalue weighted by molar-refractivity contribution is -0.146. The third kappa shape index (κ3) is 2.51. The number of esters is 1. The van der Waals surface area contributed by atoms with Gasteiger partial charge in [-0.3, -0.25) is 4.79 Å². The topological polar surface area (TPSA) is 46.6 Å². The molecule has 0 N–H and O–H groups in total. The van der Waals surface area contributed by atoms with E-state index >= 15 is 0 Å². The first-order chi connectivity index (χ1) is 10.6. The summed E-state index contributed by atoms with van der Waals surface area (Å²) in [6, 6.07) is 8.04. The van der Waals surface area contributed by atoms with E-state index in [1.165, 1.54) is 7.11 Å². The van der Waals surface area contributed by atoms with E-state index in [1.807, 2.05) is 11.4 Å². The molecule has 22 heavy (non-hydrogen) atoms. The van der Waals surface area contributed by atoms with Crippen molar-refractivity contribution < 1.29 is 14.3 Å². The molecule has 1 amide bonds. The highest BCUT2D eigenvalue weighted by molar-refractivity contribution is 7.10. The molecule has 1 unspecified atom stereocenters. The minimum atomic E-state index is -0.705. The van der Waals surface area contributed by atoms with Crippen molar-refractivity contribution in [2.45, 2.75) is 12.5 Å². The van der Waals surface area contributed by atoms with E-state index in [0.29, 0.717) is 17.1 Å². The highest BCUT2D eigenvalue weighted by Crippen LogP contribution is 2.35. The molecule has 0 radical (unpaired) electrons.